The second-order valence-electron chi connectivity index (χ2n) is 6.82. The fourth-order valence-electron chi connectivity index (χ4n) is 3.51. The van der Waals surface area contributed by atoms with Gasteiger partial charge in [-0.1, -0.05) is 24.3 Å². The average Bonchev–Trinajstić information content (AvgIpc) is 3.00. The van der Waals surface area contributed by atoms with E-state index in [9.17, 15) is 23.5 Å². The van der Waals surface area contributed by atoms with Crippen LogP contribution in [0.25, 0.3) is 5.76 Å². The van der Waals surface area contributed by atoms with Gasteiger partial charge in [0, 0.05) is 30.1 Å². The molecule has 0 radical (unpaired) electrons. The molecule has 0 unspecified atom stereocenters. The molecule has 1 atom stereocenters. The number of pyridine rings is 1. The third-order valence-electron chi connectivity index (χ3n) is 4.93. The molecule has 1 aliphatic rings. The molecule has 5 nitrogen and oxygen atoms in total. The fourth-order valence-corrected chi connectivity index (χ4v) is 3.51. The molecular formula is C23H16F2N2O3. The number of likely N-dealkylation sites (tertiary alicyclic amines) is 1. The predicted octanol–water partition coefficient (Wildman–Crippen LogP) is 3.98. The van der Waals surface area contributed by atoms with Crippen LogP contribution in [0.15, 0.2) is 78.6 Å². The zero-order valence-electron chi connectivity index (χ0n) is 15.6. The van der Waals surface area contributed by atoms with Gasteiger partial charge in [-0.3, -0.25) is 14.6 Å². The quantitative estimate of drug-likeness (QED) is 0.404. The van der Waals surface area contributed by atoms with Gasteiger partial charge in [-0.15, -0.1) is 0 Å². The summed E-state index contributed by atoms with van der Waals surface area (Å²) >= 11 is 0. The summed E-state index contributed by atoms with van der Waals surface area (Å²) in [5.74, 6) is -3.43. The van der Waals surface area contributed by atoms with Gasteiger partial charge in [0.1, 0.15) is 17.4 Å². The third kappa shape index (κ3) is 3.45. The number of aliphatic hydroxyl groups is 1. The number of carbonyl (C=O) groups is 2. The molecule has 1 saturated heterocycles. The lowest BCUT2D eigenvalue weighted by Gasteiger charge is -2.25. The Bertz CT molecular complexity index is 1140. The van der Waals surface area contributed by atoms with Crippen LogP contribution in [-0.2, 0) is 16.1 Å². The Morgan fingerprint density at radius 3 is 2.40 bits per heavy atom. The third-order valence-corrected chi connectivity index (χ3v) is 4.93. The van der Waals surface area contributed by atoms with Crippen molar-refractivity contribution in [3.63, 3.8) is 0 Å². The van der Waals surface area contributed by atoms with Crippen molar-refractivity contribution in [2.24, 2.45) is 0 Å². The molecule has 1 amide bonds. The summed E-state index contributed by atoms with van der Waals surface area (Å²) in [5.41, 5.74) is 0.615. The van der Waals surface area contributed by atoms with E-state index < -0.39 is 35.1 Å². The molecule has 1 fully saturated rings. The van der Waals surface area contributed by atoms with Crippen molar-refractivity contribution < 1.29 is 23.5 Å². The Balaban J connectivity index is 1.88. The van der Waals surface area contributed by atoms with Crippen LogP contribution in [0, 0.1) is 11.6 Å². The van der Waals surface area contributed by atoms with E-state index in [1.807, 2.05) is 0 Å². The summed E-state index contributed by atoms with van der Waals surface area (Å²) in [6.07, 6.45) is 3.11. The largest absolute Gasteiger partial charge is 0.507 e. The lowest BCUT2D eigenvalue weighted by molar-refractivity contribution is -0.140. The van der Waals surface area contributed by atoms with Crippen LogP contribution in [0.2, 0.25) is 0 Å². The molecule has 4 rings (SSSR count). The number of halogens is 2. The first-order valence-corrected chi connectivity index (χ1v) is 9.15. The maximum atomic E-state index is 14.7. The van der Waals surface area contributed by atoms with Crippen LogP contribution >= 0.6 is 0 Å². The Hall–Kier alpha value is -3.87. The highest BCUT2D eigenvalue weighted by Crippen LogP contribution is 2.41. The number of aromatic nitrogens is 1. The number of rotatable bonds is 4. The van der Waals surface area contributed by atoms with Crippen LogP contribution < -0.4 is 0 Å². The predicted molar refractivity (Wildman–Crippen MR) is 105 cm³/mol. The molecule has 1 N–H and O–H groups in total. The van der Waals surface area contributed by atoms with Gasteiger partial charge in [0.2, 0.25) is 0 Å². The van der Waals surface area contributed by atoms with Crippen molar-refractivity contribution in [1.82, 2.24) is 9.88 Å². The monoisotopic (exact) mass is 406 g/mol. The summed E-state index contributed by atoms with van der Waals surface area (Å²) in [5, 5.41) is 10.8. The maximum absolute atomic E-state index is 14.7. The molecule has 0 spiro atoms. The molecule has 3 aromatic rings. The summed E-state index contributed by atoms with van der Waals surface area (Å²) in [6.45, 7) is -0.00237. The van der Waals surface area contributed by atoms with E-state index in [-0.39, 0.29) is 23.2 Å². The number of amides is 1. The van der Waals surface area contributed by atoms with E-state index in [0.29, 0.717) is 5.56 Å². The number of hydrogen-bond donors (Lipinski definition) is 1. The van der Waals surface area contributed by atoms with Crippen molar-refractivity contribution >= 4 is 17.4 Å². The zero-order chi connectivity index (χ0) is 21.3. The van der Waals surface area contributed by atoms with Crippen LogP contribution in [-0.4, -0.2) is 26.7 Å². The fraction of sp³-hybridized carbons (Fsp3) is 0.0870. The molecule has 0 bridgehead atoms. The minimum Gasteiger partial charge on any atom is -0.507 e. The van der Waals surface area contributed by atoms with E-state index in [1.54, 1.807) is 24.4 Å². The number of benzene rings is 2. The number of hydrogen-bond acceptors (Lipinski definition) is 4. The van der Waals surface area contributed by atoms with Gasteiger partial charge in [0.25, 0.3) is 11.7 Å². The Morgan fingerprint density at radius 2 is 1.73 bits per heavy atom. The van der Waals surface area contributed by atoms with Crippen molar-refractivity contribution in [3.05, 3.63) is 107 Å². The van der Waals surface area contributed by atoms with E-state index in [0.717, 1.165) is 12.1 Å². The van der Waals surface area contributed by atoms with Crippen LogP contribution in [0.5, 0.6) is 0 Å². The van der Waals surface area contributed by atoms with Crippen LogP contribution in [0.4, 0.5) is 8.78 Å². The molecule has 0 aliphatic carbocycles. The number of nitrogens with zero attached hydrogens (tertiary/aromatic N) is 2. The van der Waals surface area contributed by atoms with Gasteiger partial charge >= 0.3 is 0 Å². The zero-order valence-corrected chi connectivity index (χ0v) is 15.6. The number of ketones is 1. The van der Waals surface area contributed by atoms with Gasteiger partial charge in [-0.25, -0.2) is 8.78 Å². The van der Waals surface area contributed by atoms with Crippen molar-refractivity contribution in [2.45, 2.75) is 12.6 Å². The maximum Gasteiger partial charge on any atom is 0.295 e. The summed E-state index contributed by atoms with van der Waals surface area (Å²) in [6, 6.07) is 12.8. The highest BCUT2D eigenvalue weighted by Gasteiger charge is 2.46. The smallest absolute Gasteiger partial charge is 0.295 e. The molecule has 2 heterocycles. The highest BCUT2D eigenvalue weighted by molar-refractivity contribution is 6.46. The van der Waals surface area contributed by atoms with Gasteiger partial charge in [0.15, 0.2) is 0 Å². The first-order valence-electron chi connectivity index (χ1n) is 9.15. The number of Topliss-reactive ketones (excluding diaryl/α,β-unsaturated/α-hetero) is 1. The second-order valence-corrected chi connectivity index (χ2v) is 6.82. The average molecular weight is 406 g/mol. The van der Waals surface area contributed by atoms with E-state index in [1.165, 1.54) is 41.4 Å². The SMILES string of the molecule is O=C1C(=O)N(Cc2cccnc2)[C@@H](c2ccccc2F)C1=C(O)c1ccc(F)cc1. The first kappa shape index (κ1) is 19.4. The molecule has 0 saturated carbocycles. The van der Waals surface area contributed by atoms with E-state index in [2.05, 4.69) is 4.98 Å². The van der Waals surface area contributed by atoms with Gasteiger partial charge < -0.3 is 10.0 Å². The Kier molecular flexibility index (Phi) is 5.10. The van der Waals surface area contributed by atoms with Gasteiger partial charge in [-0.05, 0) is 42.0 Å². The van der Waals surface area contributed by atoms with E-state index in [4.69, 9.17) is 0 Å². The molecule has 1 aromatic heterocycles. The number of aliphatic hydroxyl groups excluding tert-OH is 1. The summed E-state index contributed by atoms with van der Waals surface area (Å²) in [4.78, 5) is 30.9. The Morgan fingerprint density at radius 1 is 1.00 bits per heavy atom. The minimum atomic E-state index is -1.14. The Labute approximate surface area is 170 Å². The molecule has 30 heavy (non-hydrogen) atoms. The van der Waals surface area contributed by atoms with Crippen molar-refractivity contribution in [2.75, 3.05) is 0 Å². The summed E-state index contributed by atoms with van der Waals surface area (Å²) in [7, 11) is 0. The minimum absolute atomic E-state index is 0.00237. The molecular weight excluding hydrogens is 390 g/mol. The van der Waals surface area contributed by atoms with Crippen molar-refractivity contribution in [3.8, 4) is 0 Å². The number of carbonyl (C=O) groups excluding carboxylic acids is 2. The van der Waals surface area contributed by atoms with E-state index >= 15 is 0 Å². The van der Waals surface area contributed by atoms with Crippen LogP contribution in [0.3, 0.4) is 0 Å². The topological polar surface area (TPSA) is 70.5 Å². The van der Waals surface area contributed by atoms with Gasteiger partial charge in [0.05, 0.1) is 11.6 Å². The molecule has 2 aromatic carbocycles. The normalized spacial score (nSPS) is 18.1. The lowest BCUT2D eigenvalue weighted by atomic mass is 9.95. The highest BCUT2D eigenvalue weighted by atomic mass is 19.1. The first-order chi connectivity index (χ1) is 14.5. The molecule has 7 heteroatoms. The van der Waals surface area contributed by atoms with Gasteiger partial charge in [-0.2, -0.15) is 0 Å². The standard InChI is InChI=1S/C23H16F2N2O3/c24-16-9-7-15(8-10-16)21(28)19-20(17-5-1-2-6-18(17)25)27(23(30)22(19)29)13-14-4-3-11-26-12-14/h1-12,20,28H,13H2/t20-/m0/s1. The lowest BCUT2D eigenvalue weighted by Crippen LogP contribution is -2.29. The molecule has 1 aliphatic heterocycles. The molecule has 150 valence electrons. The van der Waals surface area contributed by atoms with Crippen LogP contribution in [0.1, 0.15) is 22.7 Å². The summed E-state index contributed by atoms with van der Waals surface area (Å²) < 4.78 is 28.0. The van der Waals surface area contributed by atoms with Crippen molar-refractivity contribution in [1.29, 1.82) is 0 Å². The second kappa shape index (κ2) is 7.87.